The molecule has 32 heavy (non-hydrogen) atoms. The summed E-state index contributed by atoms with van der Waals surface area (Å²) in [6, 6.07) is 13.6. The number of rotatable bonds is 3. The topological polar surface area (TPSA) is 80.8 Å². The minimum Gasteiger partial charge on any atom is -0.466 e. The summed E-state index contributed by atoms with van der Waals surface area (Å²) in [4.78, 5) is 54.0. The second-order valence-electron chi connectivity index (χ2n) is 9.04. The first-order chi connectivity index (χ1) is 15.5. The first kappa shape index (κ1) is 19.2. The van der Waals surface area contributed by atoms with Crippen molar-refractivity contribution in [1.29, 1.82) is 0 Å². The van der Waals surface area contributed by atoms with Crippen molar-refractivity contribution < 1.29 is 23.9 Å². The second-order valence-corrected chi connectivity index (χ2v) is 9.04. The van der Waals surface area contributed by atoms with Crippen LogP contribution >= 0.6 is 0 Å². The van der Waals surface area contributed by atoms with Gasteiger partial charge >= 0.3 is 5.97 Å². The first-order valence-corrected chi connectivity index (χ1v) is 11.0. The van der Waals surface area contributed by atoms with Crippen LogP contribution in [0.4, 0.5) is 5.69 Å². The lowest BCUT2D eigenvalue weighted by Crippen LogP contribution is -2.30. The molecule has 0 radical (unpaired) electrons. The van der Waals surface area contributed by atoms with Gasteiger partial charge in [-0.25, -0.2) is 9.69 Å². The van der Waals surface area contributed by atoms with Gasteiger partial charge in [-0.05, 0) is 49.3 Å². The molecule has 1 aliphatic heterocycles. The van der Waals surface area contributed by atoms with E-state index in [4.69, 9.17) is 4.74 Å². The van der Waals surface area contributed by atoms with Crippen molar-refractivity contribution in [2.24, 2.45) is 23.7 Å². The van der Waals surface area contributed by atoms with Crippen molar-refractivity contribution in [2.75, 3.05) is 12.0 Å². The summed E-state index contributed by atoms with van der Waals surface area (Å²) in [5.74, 6) is -1.19. The number of amides is 2. The lowest BCUT2D eigenvalue weighted by atomic mass is 9.78. The fourth-order valence-electron chi connectivity index (χ4n) is 6.46. The molecule has 2 aromatic carbocycles. The Kier molecular flexibility index (Phi) is 4.03. The number of nitrogens with zero attached hydrogens (tertiary/aromatic N) is 1. The monoisotopic (exact) mass is 427 g/mol. The Morgan fingerprint density at radius 3 is 2.03 bits per heavy atom. The number of benzene rings is 2. The molecular formula is C26H21NO5. The lowest BCUT2D eigenvalue weighted by Gasteiger charge is -2.24. The lowest BCUT2D eigenvalue weighted by molar-refractivity contribution is -0.136. The highest BCUT2D eigenvalue weighted by Gasteiger charge is 2.59. The van der Waals surface area contributed by atoms with E-state index in [-0.39, 0.29) is 23.5 Å². The number of fused-ring (bicyclic) bond motifs is 6. The molecule has 6 nitrogen and oxygen atoms in total. The number of hydrogen-bond acceptors (Lipinski definition) is 5. The second kappa shape index (κ2) is 6.73. The summed E-state index contributed by atoms with van der Waals surface area (Å²) in [6.07, 6.45) is 2.97. The molecule has 6 heteroatoms. The van der Waals surface area contributed by atoms with Gasteiger partial charge < -0.3 is 4.74 Å². The van der Waals surface area contributed by atoms with Gasteiger partial charge in [-0.1, -0.05) is 30.3 Å². The van der Waals surface area contributed by atoms with Crippen LogP contribution in [0.1, 0.15) is 45.5 Å². The molecule has 2 fully saturated rings. The SMILES string of the molecule is COC(=O)C1=C(c2ccccc2N2C(=O)c3ccccc3C2=O)C(=O)[C@H]2[C@@H]3CC[C@@H](C3)[C@@H]12. The number of imide groups is 1. The maximum atomic E-state index is 13.7. The summed E-state index contributed by atoms with van der Waals surface area (Å²) in [5.41, 5.74) is 2.18. The van der Waals surface area contributed by atoms with Gasteiger partial charge in [0, 0.05) is 23.0 Å². The van der Waals surface area contributed by atoms with E-state index in [0.717, 1.165) is 24.2 Å². The van der Waals surface area contributed by atoms with E-state index in [1.165, 1.54) is 7.11 Å². The number of ether oxygens (including phenoxy) is 1. The first-order valence-electron chi connectivity index (χ1n) is 11.0. The van der Waals surface area contributed by atoms with Crippen LogP contribution in [0.2, 0.25) is 0 Å². The van der Waals surface area contributed by atoms with E-state index in [2.05, 4.69) is 0 Å². The third kappa shape index (κ3) is 2.35. The van der Waals surface area contributed by atoms with Crippen molar-refractivity contribution in [3.05, 3.63) is 70.8 Å². The molecule has 0 N–H and O–H groups in total. The molecule has 1 heterocycles. The quantitative estimate of drug-likeness (QED) is 0.552. The van der Waals surface area contributed by atoms with Crippen LogP contribution in [0.25, 0.3) is 5.57 Å². The summed E-state index contributed by atoms with van der Waals surface area (Å²) in [6.45, 7) is 0. The number of para-hydroxylation sites is 1. The van der Waals surface area contributed by atoms with Crippen LogP contribution < -0.4 is 4.90 Å². The fourth-order valence-corrected chi connectivity index (χ4v) is 6.46. The number of hydrogen-bond donors (Lipinski definition) is 0. The number of allylic oxidation sites excluding steroid dienone is 1. The molecule has 160 valence electrons. The van der Waals surface area contributed by atoms with Crippen molar-refractivity contribution in [3.63, 3.8) is 0 Å². The van der Waals surface area contributed by atoms with Crippen LogP contribution in [0.5, 0.6) is 0 Å². The summed E-state index contributed by atoms with van der Waals surface area (Å²) >= 11 is 0. The van der Waals surface area contributed by atoms with Gasteiger partial charge in [-0.2, -0.15) is 0 Å². The molecule has 2 saturated carbocycles. The van der Waals surface area contributed by atoms with Crippen LogP contribution in [-0.4, -0.2) is 30.7 Å². The van der Waals surface area contributed by atoms with E-state index in [9.17, 15) is 19.2 Å². The zero-order valence-electron chi connectivity index (χ0n) is 17.5. The average Bonchev–Trinajstić information content (AvgIpc) is 3.56. The average molecular weight is 427 g/mol. The largest absolute Gasteiger partial charge is 0.466 e. The molecular weight excluding hydrogens is 406 g/mol. The normalized spacial score (nSPS) is 27.9. The van der Waals surface area contributed by atoms with Gasteiger partial charge in [-0.3, -0.25) is 14.4 Å². The molecule has 4 atom stereocenters. The van der Waals surface area contributed by atoms with Gasteiger partial charge in [0.1, 0.15) is 0 Å². The van der Waals surface area contributed by atoms with Gasteiger partial charge in [0.2, 0.25) is 0 Å². The molecule has 0 spiro atoms. The minimum absolute atomic E-state index is 0.0633. The number of ketones is 1. The molecule has 2 amide bonds. The zero-order valence-corrected chi connectivity index (χ0v) is 17.5. The standard InChI is InChI=1S/C26H21NO5/c1-32-26(31)22-19-13-10-11-14(12-13)20(19)23(28)21(22)17-8-4-5-9-18(17)27-24(29)15-6-2-3-7-16(15)25(27)30/h2-9,13-14,19-20H,10-12H2,1H3/t13-,14+,19+,20-/m0/s1. The number of methoxy groups -OCH3 is 1. The Morgan fingerprint density at radius 2 is 1.41 bits per heavy atom. The Balaban J connectivity index is 1.54. The van der Waals surface area contributed by atoms with Gasteiger partial charge in [0.15, 0.2) is 5.78 Å². The molecule has 6 rings (SSSR count). The van der Waals surface area contributed by atoms with Crippen LogP contribution in [0, 0.1) is 23.7 Å². The third-order valence-electron chi connectivity index (χ3n) is 7.68. The highest BCUT2D eigenvalue weighted by Crippen LogP contribution is 2.61. The number of carbonyl (C=O) groups is 4. The molecule has 0 aromatic heterocycles. The minimum atomic E-state index is -0.495. The Hall–Kier alpha value is -3.54. The Morgan fingerprint density at radius 1 is 0.844 bits per heavy atom. The van der Waals surface area contributed by atoms with E-state index < -0.39 is 17.8 Å². The van der Waals surface area contributed by atoms with Gasteiger partial charge in [0.25, 0.3) is 11.8 Å². The Labute approximate surface area is 184 Å². The Bertz CT molecular complexity index is 1220. The molecule has 0 unspecified atom stereocenters. The van der Waals surface area contributed by atoms with E-state index >= 15 is 0 Å². The maximum absolute atomic E-state index is 13.7. The van der Waals surface area contributed by atoms with Gasteiger partial charge in [0.05, 0.1) is 29.5 Å². The number of Topliss-reactive ketones (excluding diaryl/α,β-unsaturated/α-hetero) is 1. The van der Waals surface area contributed by atoms with Crippen LogP contribution in [-0.2, 0) is 14.3 Å². The number of anilines is 1. The maximum Gasteiger partial charge on any atom is 0.334 e. The van der Waals surface area contributed by atoms with Crippen LogP contribution in [0.15, 0.2) is 54.1 Å². The van der Waals surface area contributed by atoms with Crippen molar-refractivity contribution in [3.8, 4) is 0 Å². The molecule has 0 saturated heterocycles. The molecule has 2 aromatic rings. The van der Waals surface area contributed by atoms with Crippen molar-refractivity contribution in [2.45, 2.75) is 19.3 Å². The third-order valence-corrected chi connectivity index (χ3v) is 7.68. The van der Waals surface area contributed by atoms with Crippen molar-refractivity contribution >= 4 is 34.8 Å². The molecule has 2 bridgehead atoms. The van der Waals surface area contributed by atoms with Crippen LogP contribution in [0.3, 0.4) is 0 Å². The van der Waals surface area contributed by atoms with E-state index in [1.807, 2.05) is 0 Å². The highest BCUT2D eigenvalue weighted by atomic mass is 16.5. The van der Waals surface area contributed by atoms with E-state index in [1.54, 1.807) is 48.5 Å². The smallest absolute Gasteiger partial charge is 0.334 e. The number of carbonyl (C=O) groups excluding carboxylic acids is 4. The summed E-state index contributed by atoms with van der Waals surface area (Å²) < 4.78 is 5.11. The molecule has 3 aliphatic carbocycles. The fraction of sp³-hybridized carbons (Fsp3) is 0.308. The predicted molar refractivity (Wildman–Crippen MR) is 116 cm³/mol. The highest BCUT2D eigenvalue weighted by molar-refractivity contribution is 6.37. The number of esters is 1. The molecule has 4 aliphatic rings. The van der Waals surface area contributed by atoms with Gasteiger partial charge in [-0.15, -0.1) is 0 Å². The van der Waals surface area contributed by atoms with E-state index in [0.29, 0.717) is 39.4 Å². The predicted octanol–water partition coefficient (Wildman–Crippen LogP) is 3.66. The summed E-state index contributed by atoms with van der Waals surface area (Å²) in [5, 5.41) is 0. The summed E-state index contributed by atoms with van der Waals surface area (Å²) in [7, 11) is 1.33. The zero-order chi connectivity index (χ0) is 22.1. The van der Waals surface area contributed by atoms with Crippen molar-refractivity contribution in [1.82, 2.24) is 0 Å².